The number of nitrogens with zero attached hydrogens (tertiary/aromatic N) is 3. The number of hydrogen-bond acceptors (Lipinski definition) is 8. The molecule has 38 heavy (non-hydrogen) atoms. The Morgan fingerprint density at radius 1 is 1.13 bits per heavy atom. The van der Waals surface area contributed by atoms with Crippen molar-refractivity contribution in [3.8, 4) is 5.69 Å². The maximum Gasteiger partial charge on any atom is 0.331 e. The van der Waals surface area contributed by atoms with Gasteiger partial charge in [-0.25, -0.2) is 9.78 Å². The summed E-state index contributed by atoms with van der Waals surface area (Å²) in [5.74, 6) is -0.368. The second kappa shape index (κ2) is 14.5. The number of esters is 1. The zero-order chi connectivity index (χ0) is 26.7. The van der Waals surface area contributed by atoms with Crippen LogP contribution in [0.2, 0.25) is 0 Å². The number of benzene rings is 1. The molecular weight excluding hydrogens is 504 g/mol. The summed E-state index contributed by atoms with van der Waals surface area (Å²) in [6.45, 7) is 2.49. The first-order valence-corrected chi connectivity index (χ1v) is 14.4. The minimum atomic E-state index is -0.392. The molecule has 206 valence electrons. The minimum Gasteiger partial charge on any atom is -0.467 e. The lowest BCUT2D eigenvalue weighted by Gasteiger charge is -2.30. The van der Waals surface area contributed by atoms with Gasteiger partial charge in [-0.3, -0.25) is 14.2 Å². The summed E-state index contributed by atoms with van der Waals surface area (Å²) in [5.41, 5.74) is 2.20. The van der Waals surface area contributed by atoms with Gasteiger partial charge in [-0.1, -0.05) is 49.2 Å². The van der Waals surface area contributed by atoms with Gasteiger partial charge in [0.25, 0.3) is 5.56 Å². The number of ether oxygens (including phenoxy) is 2. The van der Waals surface area contributed by atoms with E-state index < -0.39 is 5.97 Å². The van der Waals surface area contributed by atoms with E-state index in [0.717, 1.165) is 35.8 Å². The Morgan fingerprint density at radius 2 is 1.92 bits per heavy atom. The van der Waals surface area contributed by atoms with E-state index in [0.29, 0.717) is 56.4 Å². The van der Waals surface area contributed by atoms with Crippen LogP contribution < -0.4 is 10.9 Å². The van der Waals surface area contributed by atoms with Crippen LogP contribution in [0.25, 0.3) is 5.69 Å². The summed E-state index contributed by atoms with van der Waals surface area (Å²) in [6.07, 6.45) is 7.73. The van der Waals surface area contributed by atoms with Crippen molar-refractivity contribution in [2.75, 3.05) is 40.0 Å². The number of carbonyl (C=O) groups excluding carboxylic acids is 2. The largest absolute Gasteiger partial charge is 0.467 e. The van der Waals surface area contributed by atoms with E-state index in [2.05, 4.69) is 10.1 Å². The molecule has 1 fully saturated rings. The maximum atomic E-state index is 13.8. The lowest BCUT2D eigenvalue weighted by atomic mass is 10.0. The zero-order valence-corrected chi connectivity index (χ0v) is 23.0. The van der Waals surface area contributed by atoms with E-state index in [4.69, 9.17) is 9.72 Å². The van der Waals surface area contributed by atoms with Gasteiger partial charge in [0.2, 0.25) is 5.91 Å². The average Bonchev–Trinajstić information content (AvgIpc) is 2.95. The standard InChI is InChI=1S/C28H38N4O5S/c1-36-26(34)20-37-18-8-15-29-16-13-25(33)31-17-14-24-23(19-31)27(35)32(21-9-4-2-5-10-21)28(30-24)38-22-11-6-3-7-12-22/h2,4-5,9-10,22,29H,3,6-8,11-20H2,1H3. The third-order valence-electron chi connectivity index (χ3n) is 7.00. The van der Waals surface area contributed by atoms with Crippen molar-refractivity contribution < 1.29 is 19.1 Å². The molecule has 0 atom stereocenters. The third-order valence-corrected chi connectivity index (χ3v) is 8.29. The SMILES string of the molecule is COC(=O)COCCCNCCC(=O)N1CCc2nc(SC3CCCCC3)n(-c3ccccc3)c(=O)c2C1. The molecule has 2 aliphatic rings. The highest BCUT2D eigenvalue weighted by Gasteiger charge is 2.28. The molecule has 1 saturated carbocycles. The fourth-order valence-corrected chi connectivity index (χ4v) is 6.20. The summed E-state index contributed by atoms with van der Waals surface area (Å²) in [6, 6.07) is 9.70. The summed E-state index contributed by atoms with van der Waals surface area (Å²) >= 11 is 1.73. The van der Waals surface area contributed by atoms with Gasteiger partial charge in [-0.15, -0.1) is 0 Å². The quantitative estimate of drug-likeness (QED) is 0.248. The molecule has 1 aliphatic heterocycles. The Hall–Kier alpha value is -2.69. The molecule has 1 amide bonds. The molecule has 0 saturated heterocycles. The summed E-state index contributed by atoms with van der Waals surface area (Å²) in [5, 5.41) is 4.49. The van der Waals surface area contributed by atoms with Crippen molar-refractivity contribution >= 4 is 23.6 Å². The zero-order valence-electron chi connectivity index (χ0n) is 22.2. The second-order valence-electron chi connectivity index (χ2n) is 9.72. The topological polar surface area (TPSA) is 103 Å². The molecular formula is C28H38N4O5S. The number of aromatic nitrogens is 2. The molecule has 10 heteroatoms. The molecule has 0 bridgehead atoms. The number of amides is 1. The predicted octanol–water partition coefficient (Wildman–Crippen LogP) is 3.10. The Morgan fingerprint density at radius 3 is 2.68 bits per heavy atom. The number of thioether (sulfide) groups is 1. The highest BCUT2D eigenvalue weighted by atomic mass is 32.2. The normalized spacial score (nSPS) is 15.8. The number of rotatable bonds is 12. The van der Waals surface area contributed by atoms with Crippen molar-refractivity contribution in [1.82, 2.24) is 19.8 Å². The molecule has 0 radical (unpaired) electrons. The van der Waals surface area contributed by atoms with Crippen molar-refractivity contribution in [2.24, 2.45) is 0 Å². The van der Waals surface area contributed by atoms with Crippen LogP contribution in [0.3, 0.4) is 0 Å². The van der Waals surface area contributed by atoms with Crippen molar-refractivity contribution in [1.29, 1.82) is 0 Å². The Bertz CT molecular complexity index is 1130. The van der Waals surface area contributed by atoms with E-state index in [-0.39, 0.29) is 18.1 Å². The summed E-state index contributed by atoms with van der Waals surface area (Å²) < 4.78 is 11.5. The first-order chi connectivity index (χ1) is 18.6. The van der Waals surface area contributed by atoms with Crippen LogP contribution in [0, 0.1) is 0 Å². The van der Waals surface area contributed by atoms with Crippen LogP contribution in [0.5, 0.6) is 0 Å². The Kier molecular flexibility index (Phi) is 10.8. The average molecular weight is 543 g/mol. The van der Waals surface area contributed by atoms with E-state index in [1.165, 1.54) is 26.4 Å². The Balaban J connectivity index is 1.37. The Labute approximate surface area is 228 Å². The number of hydrogen-bond donors (Lipinski definition) is 1. The van der Waals surface area contributed by atoms with E-state index >= 15 is 0 Å². The predicted molar refractivity (Wildman–Crippen MR) is 147 cm³/mol. The molecule has 1 aliphatic carbocycles. The van der Waals surface area contributed by atoms with Gasteiger partial charge in [0, 0.05) is 37.8 Å². The van der Waals surface area contributed by atoms with E-state index in [9.17, 15) is 14.4 Å². The fourth-order valence-electron chi connectivity index (χ4n) is 4.88. The lowest BCUT2D eigenvalue weighted by Crippen LogP contribution is -2.42. The van der Waals surface area contributed by atoms with E-state index in [1.54, 1.807) is 21.2 Å². The summed E-state index contributed by atoms with van der Waals surface area (Å²) in [4.78, 5) is 44.5. The van der Waals surface area contributed by atoms with Crippen LogP contribution in [0.15, 0.2) is 40.3 Å². The van der Waals surface area contributed by atoms with Crippen LogP contribution in [0.1, 0.15) is 56.2 Å². The third kappa shape index (κ3) is 7.68. The van der Waals surface area contributed by atoms with Gasteiger partial charge in [0.05, 0.1) is 30.6 Å². The number of carbonyl (C=O) groups is 2. The first kappa shape index (κ1) is 28.3. The maximum absolute atomic E-state index is 13.8. The monoisotopic (exact) mass is 542 g/mol. The molecule has 1 aromatic carbocycles. The van der Waals surface area contributed by atoms with Gasteiger partial charge in [-0.05, 0) is 37.9 Å². The van der Waals surface area contributed by atoms with Gasteiger partial charge in [0.15, 0.2) is 5.16 Å². The van der Waals surface area contributed by atoms with Gasteiger partial charge < -0.3 is 19.7 Å². The van der Waals surface area contributed by atoms with Crippen LogP contribution >= 0.6 is 11.8 Å². The van der Waals surface area contributed by atoms with Gasteiger partial charge >= 0.3 is 5.97 Å². The highest BCUT2D eigenvalue weighted by molar-refractivity contribution is 7.99. The second-order valence-corrected chi connectivity index (χ2v) is 11.0. The first-order valence-electron chi connectivity index (χ1n) is 13.6. The summed E-state index contributed by atoms with van der Waals surface area (Å²) in [7, 11) is 1.33. The molecule has 4 rings (SSSR count). The lowest BCUT2D eigenvalue weighted by molar-refractivity contribution is -0.145. The number of fused-ring (bicyclic) bond motifs is 1. The molecule has 1 N–H and O–H groups in total. The minimum absolute atomic E-state index is 0.0245. The van der Waals surface area contributed by atoms with Gasteiger partial charge in [0.1, 0.15) is 6.61 Å². The van der Waals surface area contributed by atoms with Crippen molar-refractivity contribution in [3.05, 3.63) is 51.9 Å². The van der Waals surface area contributed by atoms with Crippen LogP contribution in [-0.4, -0.2) is 71.5 Å². The number of methoxy groups -OCH3 is 1. The number of para-hydroxylation sites is 1. The molecule has 0 spiro atoms. The number of nitrogens with one attached hydrogen (secondary N) is 1. The van der Waals surface area contributed by atoms with Crippen LogP contribution in [-0.2, 0) is 32.0 Å². The van der Waals surface area contributed by atoms with Crippen molar-refractivity contribution in [2.45, 2.75) is 68.3 Å². The molecule has 2 aromatic rings. The smallest absolute Gasteiger partial charge is 0.331 e. The van der Waals surface area contributed by atoms with Gasteiger partial charge in [-0.2, -0.15) is 0 Å². The van der Waals surface area contributed by atoms with Crippen molar-refractivity contribution in [3.63, 3.8) is 0 Å². The van der Waals surface area contributed by atoms with E-state index in [1.807, 2.05) is 30.3 Å². The molecule has 2 heterocycles. The molecule has 1 aromatic heterocycles. The fraction of sp³-hybridized carbons (Fsp3) is 0.571. The van der Waals surface area contributed by atoms with Crippen LogP contribution in [0.4, 0.5) is 0 Å². The molecule has 0 unspecified atom stereocenters. The highest BCUT2D eigenvalue weighted by Crippen LogP contribution is 2.34. The molecule has 9 nitrogen and oxygen atoms in total.